The van der Waals surface area contributed by atoms with Gasteiger partial charge in [0.15, 0.2) is 0 Å². The summed E-state index contributed by atoms with van der Waals surface area (Å²) in [7, 11) is 0. The Morgan fingerprint density at radius 2 is 2.24 bits per heavy atom. The van der Waals surface area contributed by atoms with E-state index < -0.39 is 0 Å². The topological polar surface area (TPSA) is 68.3 Å². The summed E-state index contributed by atoms with van der Waals surface area (Å²) < 4.78 is 5.43. The van der Waals surface area contributed by atoms with Gasteiger partial charge in [0.2, 0.25) is 5.91 Å². The molecule has 4 heteroatoms. The standard InChI is InChI=1S/C13H16N2O2/c1-9(6-13(14)16)15-7-10-8-17-12-5-3-2-4-11(10)12/h2-5,8-9,15H,6-7H2,1H3,(H2,14,16). The van der Waals surface area contributed by atoms with Gasteiger partial charge in [-0.3, -0.25) is 4.79 Å². The van der Waals surface area contributed by atoms with E-state index in [1.807, 2.05) is 31.2 Å². The fourth-order valence-electron chi connectivity index (χ4n) is 1.83. The molecule has 0 saturated heterocycles. The zero-order valence-electron chi connectivity index (χ0n) is 9.77. The molecule has 0 bridgehead atoms. The summed E-state index contributed by atoms with van der Waals surface area (Å²) in [6, 6.07) is 7.95. The number of carbonyl (C=O) groups excluding carboxylic acids is 1. The van der Waals surface area contributed by atoms with Crippen LogP contribution in [0.15, 0.2) is 34.9 Å². The number of rotatable bonds is 5. The molecule has 0 aliphatic heterocycles. The first kappa shape index (κ1) is 11.7. The van der Waals surface area contributed by atoms with E-state index in [-0.39, 0.29) is 11.9 Å². The summed E-state index contributed by atoms with van der Waals surface area (Å²) >= 11 is 0. The maximum atomic E-state index is 10.7. The second-order valence-electron chi connectivity index (χ2n) is 4.21. The van der Waals surface area contributed by atoms with Crippen LogP contribution in [0.4, 0.5) is 0 Å². The van der Waals surface area contributed by atoms with Crippen LogP contribution in [0.3, 0.4) is 0 Å². The zero-order valence-corrected chi connectivity index (χ0v) is 9.77. The van der Waals surface area contributed by atoms with Crippen molar-refractivity contribution in [2.75, 3.05) is 0 Å². The molecule has 1 heterocycles. The van der Waals surface area contributed by atoms with Crippen LogP contribution in [-0.4, -0.2) is 11.9 Å². The maximum absolute atomic E-state index is 10.7. The average Bonchev–Trinajstić information content (AvgIpc) is 2.69. The van der Waals surface area contributed by atoms with E-state index >= 15 is 0 Å². The smallest absolute Gasteiger partial charge is 0.218 e. The minimum atomic E-state index is -0.290. The Hall–Kier alpha value is -1.81. The van der Waals surface area contributed by atoms with Gasteiger partial charge in [-0.15, -0.1) is 0 Å². The highest BCUT2D eigenvalue weighted by atomic mass is 16.3. The second-order valence-corrected chi connectivity index (χ2v) is 4.21. The Bertz CT molecular complexity index is 519. The van der Waals surface area contributed by atoms with Gasteiger partial charge in [0.25, 0.3) is 0 Å². The van der Waals surface area contributed by atoms with E-state index in [4.69, 9.17) is 10.2 Å². The third-order valence-corrected chi connectivity index (χ3v) is 2.71. The molecule has 1 aromatic carbocycles. The highest BCUT2D eigenvalue weighted by molar-refractivity contribution is 5.80. The molecule has 0 spiro atoms. The Morgan fingerprint density at radius 3 is 3.00 bits per heavy atom. The fourth-order valence-corrected chi connectivity index (χ4v) is 1.83. The quantitative estimate of drug-likeness (QED) is 0.825. The predicted octanol–water partition coefficient (Wildman–Crippen LogP) is 1.79. The lowest BCUT2D eigenvalue weighted by Crippen LogP contribution is -2.30. The van der Waals surface area contributed by atoms with Crippen molar-refractivity contribution in [3.63, 3.8) is 0 Å². The SMILES string of the molecule is CC(CC(N)=O)NCc1coc2ccccc12. The van der Waals surface area contributed by atoms with Crippen LogP contribution < -0.4 is 11.1 Å². The van der Waals surface area contributed by atoms with E-state index in [9.17, 15) is 4.79 Å². The summed E-state index contributed by atoms with van der Waals surface area (Å²) in [4.78, 5) is 10.7. The molecule has 0 aliphatic rings. The molecular formula is C13H16N2O2. The normalized spacial score (nSPS) is 12.8. The number of hydrogen-bond acceptors (Lipinski definition) is 3. The average molecular weight is 232 g/mol. The molecule has 90 valence electrons. The first-order valence-corrected chi connectivity index (χ1v) is 5.63. The third-order valence-electron chi connectivity index (χ3n) is 2.71. The van der Waals surface area contributed by atoms with Crippen LogP contribution in [0.1, 0.15) is 18.9 Å². The Labute approximate surface area is 99.8 Å². The molecule has 2 rings (SSSR count). The van der Waals surface area contributed by atoms with Gasteiger partial charge in [-0.1, -0.05) is 18.2 Å². The van der Waals surface area contributed by atoms with Gasteiger partial charge in [0.1, 0.15) is 5.58 Å². The van der Waals surface area contributed by atoms with Crippen molar-refractivity contribution in [2.45, 2.75) is 25.9 Å². The summed E-state index contributed by atoms with van der Waals surface area (Å²) in [5.41, 5.74) is 7.11. The highest BCUT2D eigenvalue weighted by Crippen LogP contribution is 2.20. The lowest BCUT2D eigenvalue weighted by molar-refractivity contribution is -0.118. The molecule has 17 heavy (non-hydrogen) atoms. The molecule has 1 atom stereocenters. The van der Waals surface area contributed by atoms with Gasteiger partial charge in [0.05, 0.1) is 6.26 Å². The first-order chi connectivity index (χ1) is 8.16. The summed E-state index contributed by atoms with van der Waals surface area (Å²) in [6.07, 6.45) is 2.09. The number of benzene rings is 1. The summed E-state index contributed by atoms with van der Waals surface area (Å²) in [5, 5.41) is 4.35. The lowest BCUT2D eigenvalue weighted by atomic mass is 10.1. The Kier molecular flexibility index (Phi) is 3.44. The number of hydrogen-bond donors (Lipinski definition) is 2. The lowest BCUT2D eigenvalue weighted by Gasteiger charge is -2.10. The predicted molar refractivity (Wildman–Crippen MR) is 66.3 cm³/mol. The first-order valence-electron chi connectivity index (χ1n) is 5.63. The van der Waals surface area contributed by atoms with Gasteiger partial charge in [-0.2, -0.15) is 0 Å². The molecule has 0 aliphatic carbocycles. The van der Waals surface area contributed by atoms with Crippen LogP contribution in [-0.2, 0) is 11.3 Å². The number of fused-ring (bicyclic) bond motifs is 1. The van der Waals surface area contributed by atoms with Gasteiger partial charge in [-0.25, -0.2) is 0 Å². The molecule has 1 aromatic heterocycles. The molecule has 0 saturated carbocycles. The number of nitrogens with one attached hydrogen (secondary N) is 1. The monoisotopic (exact) mass is 232 g/mol. The van der Waals surface area contributed by atoms with E-state index in [2.05, 4.69) is 5.32 Å². The number of amides is 1. The van der Waals surface area contributed by atoms with Crippen LogP contribution >= 0.6 is 0 Å². The molecule has 0 radical (unpaired) electrons. The van der Waals surface area contributed by atoms with Crippen LogP contribution in [0.5, 0.6) is 0 Å². The van der Waals surface area contributed by atoms with E-state index in [1.165, 1.54) is 0 Å². The van der Waals surface area contributed by atoms with Gasteiger partial charge in [-0.05, 0) is 13.0 Å². The van der Waals surface area contributed by atoms with Crippen molar-refractivity contribution in [3.05, 3.63) is 36.1 Å². The van der Waals surface area contributed by atoms with Gasteiger partial charge >= 0.3 is 0 Å². The number of nitrogens with two attached hydrogens (primary N) is 1. The largest absolute Gasteiger partial charge is 0.464 e. The van der Waals surface area contributed by atoms with Crippen molar-refractivity contribution in [3.8, 4) is 0 Å². The van der Waals surface area contributed by atoms with Crippen LogP contribution in [0.25, 0.3) is 11.0 Å². The highest BCUT2D eigenvalue weighted by Gasteiger charge is 2.08. The molecule has 2 aromatic rings. The summed E-state index contributed by atoms with van der Waals surface area (Å²) in [5.74, 6) is -0.290. The van der Waals surface area contributed by atoms with Gasteiger partial charge in [0, 0.05) is 30.0 Å². The molecular weight excluding hydrogens is 216 g/mol. The number of primary amides is 1. The minimum absolute atomic E-state index is 0.0705. The second kappa shape index (κ2) is 5.01. The van der Waals surface area contributed by atoms with Crippen molar-refractivity contribution < 1.29 is 9.21 Å². The number of para-hydroxylation sites is 1. The van der Waals surface area contributed by atoms with Crippen molar-refractivity contribution in [1.29, 1.82) is 0 Å². The molecule has 3 N–H and O–H groups in total. The fraction of sp³-hybridized carbons (Fsp3) is 0.308. The molecule has 0 fully saturated rings. The van der Waals surface area contributed by atoms with Crippen LogP contribution in [0, 0.1) is 0 Å². The Morgan fingerprint density at radius 1 is 1.47 bits per heavy atom. The van der Waals surface area contributed by atoms with E-state index in [0.717, 1.165) is 16.5 Å². The maximum Gasteiger partial charge on any atom is 0.218 e. The molecule has 1 unspecified atom stereocenters. The zero-order chi connectivity index (χ0) is 12.3. The minimum Gasteiger partial charge on any atom is -0.464 e. The van der Waals surface area contributed by atoms with Crippen molar-refractivity contribution >= 4 is 16.9 Å². The Balaban J connectivity index is 2.02. The molecule has 1 amide bonds. The number of carbonyl (C=O) groups is 1. The van der Waals surface area contributed by atoms with Crippen molar-refractivity contribution in [1.82, 2.24) is 5.32 Å². The van der Waals surface area contributed by atoms with E-state index in [1.54, 1.807) is 6.26 Å². The third kappa shape index (κ3) is 2.85. The summed E-state index contributed by atoms with van der Waals surface area (Å²) in [6.45, 7) is 2.61. The molecule has 4 nitrogen and oxygen atoms in total. The number of furan rings is 1. The van der Waals surface area contributed by atoms with Gasteiger partial charge < -0.3 is 15.5 Å². The van der Waals surface area contributed by atoms with Crippen LogP contribution in [0.2, 0.25) is 0 Å². The van der Waals surface area contributed by atoms with Crippen molar-refractivity contribution in [2.24, 2.45) is 5.73 Å². The van der Waals surface area contributed by atoms with E-state index in [0.29, 0.717) is 13.0 Å².